The molecule has 1 aliphatic carbocycles. The van der Waals surface area contributed by atoms with E-state index in [1.165, 1.54) is 32.1 Å². The predicted octanol–water partition coefficient (Wildman–Crippen LogP) is 3.86. The van der Waals surface area contributed by atoms with Gasteiger partial charge in [0, 0.05) is 11.1 Å². The molecule has 1 fully saturated rings. The van der Waals surface area contributed by atoms with Gasteiger partial charge in [0.2, 0.25) is 0 Å². The van der Waals surface area contributed by atoms with E-state index in [4.69, 9.17) is 11.6 Å². The summed E-state index contributed by atoms with van der Waals surface area (Å²) >= 11 is 5.96. The molecule has 0 bridgehead atoms. The van der Waals surface area contributed by atoms with Crippen LogP contribution in [0.2, 0.25) is 5.02 Å². The molecule has 0 aromatic heterocycles. The molecule has 1 unspecified atom stereocenters. The monoisotopic (exact) mass is 281 g/mol. The molecule has 0 spiro atoms. The highest BCUT2D eigenvalue weighted by Gasteiger charge is 2.32. The van der Waals surface area contributed by atoms with Crippen molar-refractivity contribution in [1.82, 2.24) is 5.32 Å². The highest BCUT2D eigenvalue weighted by Crippen LogP contribution is 2.29. The van der Waals surface area contributed by atoms with E-state index >= 15 is 0 Å². The van der Waals surface area contributed by atoms with Crippen molar-refractivity contribution in [3.8, 4) is 0 Å². The highest BCUT2D eigenvalue weighted by atomic mass is 35.5. The number of aliphatic hydroxyl groups excluding tert-OH is 1. The zero-order chi connectivity index (χ0) is 13.7. The average molecular weight is 282 g/mol. The summed E-state index contributed by atoms with van der Waals surface area (Å²) in [6.07, 6.45) is 7.25. The predicted molar refractivity (Wildman–Crippen MR) is 80.5 cm³/mol. The molecule has 0 radical (unpaired) electrons. The minimum atomic E-state index is -0.327. The van der Waals surface area contributed by atoms with Gasteiger partial charge in [-0.1, -0.05) is 49.9 Å². The third-order valence-corrected chi connectivity index (χ3v) is 4.61. The second-order valence-corrected chi connectivity index (χ2v) is 6.02. The SMILES string of the molecule is CCC(CO)(NC1CCCCC1)c1ccc(Cl)cc1. The lowest BCUT2D eigenvalue weighted by Gasteiger charge is -2.38. The molecule has 0 heterocycles. The number of hydrogen-bond acceptors (Lipinski definition) is 2. The van der Waals surface area contributed by atoms with Crippen LogP contribution in [0.15, 0.2) is 24.3 Å². The Labute approximate surface area is 121 Å². The zero-order valence-corrected chi connectivity index (χ0v) is 12.4. The first-order chi connectivity index (χ1) is 9.20. The van der Waals surface area contributed by atoms with Crippen molar-refractivity contribution in [2.75, 3.05) is 6.61 Å². The van der Waals surface area contributed by atoms with Crippen LogP contribution in [0.1, 0.15) is 51.0 Å². The van der Waals surface area contributed by atoms with Crippen molar-refractivity contribution in [3.05, 3.63) is 34.9 Å². The first-order valence-corrected chi connectivity index (χ1v) is 7.72. The molecule has 3 heteroatoms. The maximum atomic E-state index is 9.93. The van der Waals surface area contributed by atoms with Crippen molar-refractivity contribution >= 4 is 11.6 Å². The van der Waals surface area contributed by atoms with Crippen LogP contribution in [0.3, 0.4) is 0 Å². The zero-order valence-electron chi connectivity index (χ0n) is 11.7. The van der Waals surface area contributed by atoms with Gasteiger partial charge in [-0.15, -0.1) is 0 Å². The fraction of sp³-hybridized carbons (Fsp3) is 0.625. The largest absolute Gasteiger partial charge is 0.394 e. The Balaban J connectivity index is 2.18. The van der Waals surface area contributed by atoms with Crippen LogP contribution in [0.4, 0.5) is 0 Å². The van der Waals surface area contributed by atoms with Crippen LogP contribution in [-0.4, -0.2) is 17.8 Å². The summed E-state index contributed by atoms with van der Waals surface area (Å²) in [4.78, 5) is 0. The van der Waals surface area contributed by atoms with Crippen molar-refractivity contribution in [2.24, 2.45) is 0 Å². The minimum Gasteiger partial charge on any atom is -0.394 e. The van der Waals surface area contributed by atoms with Crippen LogP contribution in [0, 0.1) is 0 Å². The Morgan fingerprint density at radius 2 is 1.84 bits per heavy atom. The lowest BCUT2D eigenvalue weighted by atomic mass is 9.85. The van der Waals surface area contributed by atoms with Crippen LogP contribution in [0.25, 0.3) is 0 Å². The van der Waals surface area contributed by atoms with Gasteiger partial charge >= 0.3 is 0 Å². The van der Waals surface area contributed by atoms with Gasteiger partial charge in [0.25, 0.3) is 0 Å². The van der Waals surface area contributed by atoms with Gasteiger partial charge in [-0.25, -0.2) is 0 Å². The lowest BCUT2D eigenvalue weighted by molar-refractivity contribution is 0.132. The summed E-state index contributed by atoms with van der Waals surface area (Å²) in [6.45, 7) is 2.25. The first kappa shape index (κ1) is 14.8. The Morgan fingerprint density at radius 3 is 2.37 bits per heavy atom. The van der Waals surface area contributed by atoms with E-state index in [-0.39, 0.29) is 12.1 Å². The number of hydrogen-bond donors (Lipinski definition) is 2. The van der Waals surface area contributed by atoms with Gasteiger partial charge in [0.1, 0.15) is 0 Å². The average Bonchev–Trinajstić information content (AvgIpc) is 2.47. The Kier molecular flexibility index (Phi) is 5.26. The van der Waals surface area contributed by atoms with Crippen molar-refractivity contribution < 1.29 is 5.11 Å². The van der Waals surface area contributed by atoms with Crippen molar-refractivity contribution in [2.45, 2.75) is 57.0 Å². The normalized spacial score (nSPS) is 20.2. The van der Waals surface area contributed by atoms with Gasteiger partial charge in [0.05, 0.1) is 12.1 Å². The van der Waals surface area contributed by atoms with Crippen molar-refractivity contribution in [1.29, 1.82) is 0 Å². The van der Waals surface area contributed by atoms with Crippen LogP contribution in [0.5, 0.6) is 0 Å². The van der Waals surface area contributed by atoms with E-state index in [1.807, 2.05) is 24.3 Å². The van der Waals surface area contributed by atoms with Crippen LogP contribution in [-0.2, 0) is 5.54 Å². The summed E-state index contributed by atoms with van der Waals surface area (Å²) in [5.74, 6) is 0. The van der Waals surface area contributed by atoms with E-state index in [1.54, 1.807) is 0 Å². The molecule has 1 saturated carbocycles. The number of nitrogens with one attached hydrogen (secondary N) is 1. The van der Waals surface area contributed by atoms with Crippen molar-refractivity contribution in [3.63, 3.8) is 0 Å². The summed E-state index contributed by atoms with van der Waals surface area (Å²) in [7, 11) is 0. The maximum Gasteiger partial charge on any atom is 0.0668 e. The number of rotatable bonds is 5. The number of halogens is 1. The van der Waals surface area contributed by atoms with Gasteiger partial charge in [-0.05, 0) is 37.0 Å². The minimum absolute atomic E-state index is 0.127. The molecule has 0 aliphatic heterocycles. The first-order valence-electron chi connectivity index (χ1n) is 7.35. The van der Waals surface area contributed by atoms with Crippen LogP contribution >= 0.6 is 11.6 Å². The molecule has 0 saturated heterocycles. The Hall–Kier alpha value is -0.570. The third-order valence-electron chi connectivity index (χ3n) is 4.36. The van der Waals surface area contributed by atoms with Gasteiger partial charge < -0.3 is 10.4 Å². The molecule has 1 aliphatic rings. The molecule has 1 aromatic rings. The van der Waals surface area contributed by atoms with Gasteiger partial charge in [-0.2, -0.15) is 0 Å². The molecular weight excluding hydrogens is 258 g/mol. The van der Waals surface area contributed by atoms with E-state index in [0.29, 0.717) is 6.04 Å². The molecule has 19 heavy (non-hydrogen) atoms. The van der Waals surface area contributed by atoms with E-state index in [9.17, 15) is 5.11 Å². The van der Waals surface area contributed by atoms with E-state index in [0.717, 1.165) is 17.0 Å². The molecule has 0 amide bonds. The number of aliphatic hydroxyl groups is 1. The molecular formula is C16H24ClNO. The molecule has 1 aromatic carbocycles. The quantitative estimate of drug-likeness (QED) is 0.859. The third kappa shape index (κ3) is 3.50. The van der Waals surface area contributed by atoms with E-state index in [2.05, 4.69) is 12.2 Å². The topological polar surface area (TPSA) is 32.3 Å². The van der Waals surface area contributed by atoms with E-state index < -0.39 is 0 Å². The highest BCUT2D eigenvalue weighted by molar-refractivity contribution is 6.30. The fourth-order valence-electron chi connectivity index (χ4n) is 3.04. The lowest BCUT2D eigenvalue weighted by Crippen LogP contribution is -2.50. The fourth-order valence-corrected chi connectivity index (χ4v) is 3.17. The number of benzene rings is 1. The maximum absolute atomic E-state index is 9.93. The summed E-state index contributed by atoms with van der Waals surface area (Å²) in [5, 5.41) is 14.4. The molecule has 2 N–H and O–H groups in total. The molecule has 106 valence electrons. The smallest absolute Gasteiger partial charge is 0.0668 e. The standard InChI is InChI=1S/C16H24ClNO/c1-2-16(12-19,13-8-10-14(17)11-9-13)18-15-6-4-3-5-7-15/h8-11,15,18-19H,2-7,12H2,1H3. The Morgan fingerprint density at radius 1 is 1.21 bits per heavy atom. The summed E-state index contributed by atoms with van der Waals surface area (Å²) in [6, 6.07) is 8.38. The summed E-state index contributed by atoms with van der Waals surface area (Å²) < 4.78 is 0. The van der Waals surface area contributed by atoms with Crippen LogP contribution < -0.4 is 5.32 Å². The molecule has 1 atom stereocenters. The van der Waals surface area contributed by atoms with Gasteiger partial charge in [0.15, 0.2) is 0 Å². The van der Waals surface area contributed by atoms with Gasteiger partial charge in [-0.3, -0.25) is 0 Å². The molecule has 2 nitrogen and oxygen atoms in total. The second kappa shape index (κ2) is 6.74. The summed E-state index contributed by atoms with van der Waals surface area (Å²) in [5.41, 5.74) is 0.805. The second-order valence-electron chi connectivity index (χ2n) is 5.58. The molecule has 2 rings (SSSR count). The Bertz CT molecular complexity index is 380.